The zero-order chi connectivity index (χ0) is 15.6. The van der Waals surface area contributed by atoms with Gasteiger partial charge in [-0.25, -0.2) is 0 Å². The average Bonchev–Trinajstić information content (AvgIpc) is 2.40. The first-order valence-corrected chi connectivity index (χ1v) is 6.92. The van der Waals surface area contributed by atoms with Gasteiger partial charge in [-0.3, -0.25) is 14.9 Å². The van der Waals surface area contributed by atoms with Gasteiger partial charge >= 0.3 is 5.69 Å². The Morgan fingerprint density at radius 2 is 1.95 bits per heavy atom. The second-order valence-corrected chi connectivity index (χ2v) is 5.39. The Morgan fingerprint density at radius 3 is 2.57 bits per heavy atom. The Balaban J connectivity index is 2.51. The predicted molar refractivity (Wildman–Crippen MR) is 82.1 cm³/mol. The second kappa shape index (κ2) is 6.05. The SMILES string of the molecule is CC(=O)c1cc(Br)ccc1Oc1cccc(C)c1[N+](=O)[O-]. The minimum atomic E-state index is -0.489. The molecule has 21 heavy (non-hydrogen) atoms. The number of hydrogen-bond donors (Lipinski definition) is 0. The molecule has 5 nitrogen and oxygen atoms in total. The van der Waals surface area contributed by atoms with Crippen molar-refractivity contribution in [1.82, 2.24) is 0 Å². The van der Waals surface area contributed by atoms with Gasteiger partial charge in [0.05, 0.1) is 10.5 Å². The molecular formula is C15H12BrNO4. The van der Waals surface area contributed by atoms with E-state index in [0.29, 0.717) is 16.9 Å². The Morgan fingerprint density at radius 1 is 1.24 bits per heavy atom. The molecule has 0 aliphatic rings. The van der Waals surface area contributed by atoms with E-state index < -0.39 is 4.92 Å². The first-order chi connectivity index (χ1) is 9.90. The summed E-state index contributed by atoms with van der Waals surface area (Å²) in [5.41, 5.74) is 0.758. The zero-order valence-corrected chi connectivity index (χ0v) is 13.0. The van der Waals surface area contributed by atoms with Crippen molar-refractivity contribution in [2.75, 3.05) is 0 Å². The van der Waals surface area contributed by atoms with E-state index in [1.165, 1.54) is 13.0 Å². The molecule has 0 aliphatic carbocycles. The first-order valence-electron chi connectivity index (χ1n) is 6.12. The molecule has 0 spiro atoms. The molecule has 0 amide bonds. The summed E-state index contributed by atoms with van der Waals surface area (Å²) >= 11 is 3.28. The number of benzene rings is 2. The number of ketones is 1. The number of halogens is 1. The molecule has 0 N–H and O–H groups in total. The fourth-order valence-corrected chi connectivity index (χ4v) is 2.29. The molecule has 0 atom stereocenters. The van der Waals surface area contributed by atoms with Crippen LogP contribution < -0.4 is 4.74 Å². The second-order valence-electron chi connectivity index (χ2n) is 4.48. The highest BCUT2D eigenvalue weighted by Crippen LogP contribution is 2.36. The molecule has 0 fully saturated rings. The molecule has 0 aromatic heterocycles. The topological polar surface area (TPSA) is 69.4 Å². The third kappa shape index (κ3) is 3.28. The smallest absolute Gasteiger partial charge is 0.314 e. The fraction of sp³-hybridized carbons (Fsp3) is 0.133. The number of nitro groups is 1. The molecule has 2 aromatic rings. The monoisotopic (exact) mass is 349 g/mol. The molecule has 0 bridgehead atoms. The van der Waals surface area contributed by atoms with Gasteiger partial charge in [-0.15, -0.1) is 0 Å². The predicted octanol–water partition coefficient (Wildman–Crippen LogP) is 4.66. The van der Waals surface area contributed by atoms with Gasteiger partial charge in [0.25, 0.3) is 0 Å². The van der Waals surface area contributed by atoms with Crippen LogP contribution in [0.5, 0.6) is 11.5 Å². The lowest BCUT2D eigenvalue weighted by atomic mass is 10.1. The van der Waals surface area contributed by atoms with Crippen LogP contribution in [0.3, 0.4) is 0 Å². The highest BCUT2D eigenvalue weighted by molar-refractivity contribution is 9.10. The van der Waals surface area contributed by atoms with E-state index in [1.807, 2.05) is 0 Å². The Kier molecular flexibility index (Phi) is 4.37. The summed E-state index contributed by atoms with van der Waals surface area (Å²) in [5.74, 6) is 0.228. The summed E-state index contributed by atoms with van der Waals surface area (Å²) in [4.78, 5) is 22.3. The van der Waals surface area contributed by atoms with Crippen molar-refractivity contribution in [3.8, 4) is 11.5 Å². The number of rotatable bonds is 4. The largest absolute Gasteiger partial charge is 0.449 e. The molecule has 0 aliphatic heterocycles. The van der Waals surface area contributed by atoms with E-state index in [-0.39, 0.29) is 17.2 Å². The number of nitro benzene ring substituents is 1. The van der Waals surface area contributed by atoms with Crippen molar-refractivity contribution in [3.63, 3.8) is 0 Å². The molecular weight excluding hydrogens is 338 g/mol. The minimum Gasteiger partial charge on any atom is -0.449 e. The van der Waals surface area contributed by atoms with Crippen molar-refractivity contribution in [2.24, 2.45) is 0 Å². The average molecular weight is 350 g/mol. The van der Waals surface area contributed by atoms with E-state index in [2.05, 4.69) is 15.9 Å². The lowest BCUT2D eigenvalue weighted by Gasteiger charge is -2.11. The number of nitrogens with zero attached hydrogens (tertiary/aromatic N) is 1. The molecule has 6 heteroatoms. The Bertz CT molecular complexity index is 728. The maximum Gasteiger partial charge on any atom is 0.314 e. The van der Waals surface area contributed by atoms with Crippen LogP contribution in [0.15, 0.2) is 40.9 Å². The Labute approximate surface area is 129 Å². The van der Waals surface area contributed by atoms with Crippen LogP contribution in [0, 0.1) is 17.0 Å². The minimum absolute atomic E-state index is 0.102. The molecule has 0 heterocycles. The molecule has 108 valence electrons. The quantitative estimate of drug-likeness (QED) is 0.457. The van der Waals surface area contributed by atoms with Crippen molar-refractivity contribution in [3.05, 3.63) is 62.1 Å². The standard InChI is InChI=1S/C15H12BrNO4/c1-9-4-3-5-14(15(9)17(19)20)21-13-7-6-11(16)8-12(13)10(2)18/h3-8H,1-2H3. The molecule has 0 saturated heterocycles. The number of Topliss-reactive ketones (excluding diaryl/α,β-unsaturated/α-hetero) is 1. The van der Waals surface area contributed by atoms with E-state index >= 15 is 0 Å². The molecule has 0 radical (unpaired) electrons. The van der Waals surface area contributed by atoms with Gasteiger partial charge in [0.2, 0.25) is 5.75 Å². The van der Waals surface area contributed by atoms with E-state index in [1.54, 1.807) is 37.3 Å². The van der Waals surface area contributed by atoms with Crippen molar-refractivity contribution >= 4 is 27.4 Å². The van der Waals surface area contributed by atoms with Crippen LogP contribution in [0.2, 0.25) is 0 Å². The number of carbonyl (C=O) groups excluding carboxylic acids is 1. The van der Waals surface area contributed by atoms with Crippen LogP contribution in [-0.2, 0) is 0 Å². The van der Waals surface area contributed by atoms with Gasteiger partial charge in [0.15, 0.2) is 5.78 Å². The van der Waals surface area contributed by atoms with Gasteiger partial charge in [0, 0.05) is 10.0 Å². The lowest BCUT2D eigenvalue weighted by molar-refractivity contribution is -0.386. The lowest BCUT2D eigenvalue weighted by Crippen LogP contribution is -2.00. The summed E-state index contributed by atoms with van der Waals surface area (Å²) in [7, 11) is 0. The van der Waals surface area contributed by atoms with Crippen molar-refractivity contribution < 1.29 is 14.5 Å². The van der Waals surface area contributed by atoms with E-state index in [4.69, 9.17) is 4.74 Å². The number of ether oxygens (including phenoxy) is 1. The van der Waals surface area contributed by atoms with Crippen LogP contribution >= 0.6 is 15.9 Å². The molecule has 0 unspecified atom stereocenters. The third-order valence-electron chi connectivity index (χ3n) is 2.92. The third-order valence-corrected chi connectivity index (χ3v) is 3.42. The summed E-state index contributed by atoms with van der Waals surface area (Å²) in [6, 6.07) is 9.76. The number of hydrogen-bond acceptors (Lipinski definition) is 4. The van der Waals surface area contributed by atoms with Crippen LogP contribution in [0.1, 0.15) is 22.8 Å². The Hall–Kier alpha value is -2.21. The summed E-state index contributed by atoms with van der Waals surface area (Å²) in [6.07, 6.45) is 0. The number of aryl methyl sites for hydroxylation is 1. The van der Waals surface area contributed by atoms with Gasteiger partial charge in [0.1, 0.15) is 5.75 Å². The van der Waals surface area contributed by atoms with E-state index in [9.17, 15) is 14.9 Å². The summed E-state index contributed by atoms with van der Waals surface area (Å²) in [6.45, 7) is 3.05. The first kappa shape index (κ1) is 15.2. The summed E-state index contributed by atoms with van der Waals surface area (Å²) < 4.78 is 6.35. The maximum atomic E-state index is 11.7. The van der Waals surface area contributed by atoms with Crippen LogP contribution in [0.4, 0.5) is 5.69 Å². The highest BCUT2D eigenvalue weighted by Gasteiger charge is 2.20. The van der Waals surface area contributed by atoms with Gasteiger partial charge in [-0.1, -0.05) is 28.1 Å². The molecule has 2 aromatic carbocycles. The highest BCUT2D eigenvalue weighted by atomic mass is 79.9. The maximum absolute atomic E-state index is 11.7. The van der Waals surface area contributed by atoms with E-state index in [0.717, 1.165) is 4.47 Å². The zero-order valence-electron chi connectivity index (χ0n) is 11.4. The van der Waals surface area contributed by atoms with Crippen molar-refractivity contribution in [2.45, 2.75) is 13.8 Å². The molecule has 0 saturated carbocycles. The van der Waals surface area contributed by atoms with Crippen molar-refractivity contribution in [1.29, 1.82) is 0 Å². The number of carbonyl (C=O) groups is 1. The fourth-order valence-electron chi connectivity index (χ4n) is 1.93. The van der Waals surface area contributed by atoms with Crippen LogP contribution in [0.25, 0.3) is 0 Å². The van der Waals surface area contributed by atoms with Gasteiger partial charge in [-0.05, 0) is 38.1 Å². The number of para-hydroxylation sites is 1. The molecule has 2 rings (SSSR count). The van der Waals surface area contributed by atoms with Crippen LogP contribution in [-0.4, -0.2) is 10.7 Å². The van der Waals surface area contributed by atoms with Gasteiger partial charge in [-0.2, -0.15) is 0 Å². The summed E-state index contributed by atoms with van der Waals surface area (Å²) in [5, 5.41) is 11.2. The van der Waals surface area contributed by atoms with Gasteiger partial charge < -0.3 is 4.74 Å². The normalized spacial score (nSPS) is 10.2.